The Morgan fingerprint density at radius 2 is 1.53 bits per heavy atom. The van der Waals surface area contributed by atoms with Crippen LogP contribution in [0.15, 0.2) is 11.1 Å². The summed E-state index contributed by atoms with van der Waals surface area (Å²) >= 11 is 5.89. The molecule has 4 saturated carbocycles. The number of allylic oxidation sites excluding steroid dienone is 2. The Bertz CT molecular complexity index is 283. The fourth-order valence-corrected chi connectivity index (χ4v) is 4.91. The van der Waals surface area contributed by atoms with Crippen LogP contribution in [0.3, 0.4) is 0 Å². The van der Waals surface area contributed by atoms with E-state index in [-0.39, 0.29) is 0 Å². The highest BCUT2D eigenvalue weighted by Crippen LogP contribution is 2.60. The second-order valence-electron chi connectivity index (χ2n) is 5.93. The quantitative estimate of drug-likeness (QED) is 0.518. The zero-order valence-corrected chi connectivity index (χ0v) is 9.67. The minimum Gasteiger partial charge on any atom is -0.297 e. The van der Waals surface area contributed by atoms with Crippen molar-refractivity contribution < 1.29 is 4.79 Å². The Morgan fingerprint density at radius 1 is 1.07 bits per heavy atom. The molecular weight excluding hydrogens is 208 g/mol. The molecule has 4 aliphatic carbocycles. The van der Waals surface area contributed by atoms with Crippen molar-refractivity contribution in [3.05, 3.63) is 11.1 Å². The van der Waals surface area contributed by atoms with Gasteiger partial charge in [0.2, 0.25) is 0 Å². The SMILES string of the molecule is O=CC(Cl)=CC12CC3CC(CC(C3)C1)C2. The van der Waals surface area contributed by atoms with E-state index in [2.05, 4.69) is 6.08 Å². The summed E-state index contributed by atoms with van der Waals surface area (Å²) in [5.74, 6) is 2.76. The van der Waals surface area contributed by atoms with Gasteiger partial charge < -0.3 is 0 Å². The van der Waals surface area contributed by atoms with E-state index in [4.69, 9.17) is 11.6 Å². The molecule has 0 amide bonds. The lowest BCUT2D eigenvalue weighted by molar-refractivity contribution is -0.104. The van der Waals surface area contributed by atoms with Gasteiger partial charge in [0.15, 0.2) is 6.29 Å². The molecule has 0 N–H and O–H groups in total. The van der Waals surface area contributed by atoms with Crippen LogP contribution in [0.4, 0.5) is 0 Å². The smallest absolute Gasteiger partial charge is 0.161 e. The molecule has 0 aliphatic heterocycles. The molecule has 0 unspecified atom stereocenters. The molecular formula is C13H17ClO. The number of carbonyl (C=O) groups is 1. The second kappa shape index (κ2) is 3.35. The molecule has 2 heteroatoms. The average Bonchev–Trinajstić information content (AvgIpc) is 2.14. The highest BCUT2D eigenvalue weighted by atomic mass is 35.5. The van der Waals surface area contributed by atoms with E-state index in [1.807, 2.05) is 0 Å². The molecule has 0 aromatic rings. The molecule has 1 nitrogen and oxygen atoms in total. The summed E-state index contributed by atoms with van der Waals surface area (Å²) in [5, 5.41) is 0.428. The van der Waals surface area contributed by atoms with Crippen LogP contribution < -0.4 is 0 Å². The highest BCUT2D eigenvalue weighted by molar-refractivity contribution is 6.38. The first-order chi connectivity index (χ1) is 7.19. The van der Waals surface area contributed by atoms with Crippen molar-refractivity contribution >= 4 is 17.9 Å². The number of hydrogen-bond acceptors (Lipinski definition) is 1. The maximum absolute atomic E-state index is 10.6. The fraction of sp³-hybridized carbons (Fsp3) is 0.769. The van der Waals surface area contributed by atoms with E-state index in [0.29, 0.717) is 10.4 Å². The van der Waals surface area contributed by atoms with Crippen molar-refractivity contribution in [1.29, 1.82) is 0 Å². The van der Waals surface area contributed by atoms with Crippen LogP contribution in [-0.2, 0) is 4.79 Å². The molecule has 4 aliphatic rings. The molecule has 15 heavy (non-hydrogen) atoms. The third-order valence-electron chi connectivity index (χ3n) is 4.64. The van der Waals surface area contributed by atoms with Crippen LogP contribution >= 0.6 is 11.6 Å². The van der Waals surface area contributed by atoms with Gasteiger partial charge in [0, 0.05) is 0 Å². The molecule has 0 spiro atoms. The van der Waals surface area contributed by atoms with Crippen molar-refractivity contribution in [2.45, 2.75) is 38.5 Å². The molecule has 0 heterocycles. The maximum Gasteiger partial charge on any atom is 0.161 e. The van der Waals surface area contributed by atoms with E-state index in [1.54, 1.807) is 0 Å². The second-order valence-corrected chi connectivity index (χ2v) is 6.36. The van der Waals surface area contributed by atoms with Crippen molar-refractivity contribution in [2.75, 3.05) is 0 Å². The monoisotopic (exact) mass is 224 g/mol. The molecule has 82 valence electrons. The standard InChI is InChI=1S/C13H17ClO/c14-12(8-15)7-13-4-9-1-10(5-13)3-11(2-9)6-13/h7-11H,1-6H2. The topological polar surface area (TPSA) is 17.1 Å². The van der Waals surface area contributed by atoms with Crippen LogP contribution in [0.25, 0.3) is 0 Å². The Balaban J connectivity index is 1.90. The van der Waals surface area contributed by atoms with Crippen molar-refractivity contribution in [3.8, 4) is 0 Å². The van der Waals surface area contributed by atoms with Gasteiger partial charge >= 0.3 is 0 Å². The molecule has 0 aromatic carbocycles. The van der Waals surface area contributed by atoms with E-state index in [9.17, 15) is 4.79 Å². The number of rotatable bonds is 2. The van der Waals surface area contributed by atoms with Gasteiger partial charge in [0.1, 0.15) is 0 Å². The first-order valence-electron chi connectivity index (χ1n) is 6.03. The Labute approximate surface area is 95.9 Å². The van der Waals surface area contributed by atoms with Gasteiger partial charge in [-0.1, -0.05) is 17.7 Å². The van der Waals surface area contributed by atoms with Gasteiger partial charge in [-0.05, 0) is 61.7 Å². The summed E-state index contributed by atoms with van der Waals surface area (Å²) in [7, 11) is 0. The summed E-state index contributed by atoms with van der Waals surface area (Å²) in [5.41, 5.74) is 0.298. The molecule has 4 rings (SSSR count). The Kier molecular flexibility index (Phi) is 2.21. The largest absolute Gasteiger partial charge is 0.297 e. The van der Waals surface area contributed by atoms with E-state index >= 15 is 0 Å². The minimum atomic E-state index is 0.298. The lowest BCUT2D eigenvalue weighted by Crippen LogP contribution is -2.45. The van der Waals surface area contributed by atoms with Gasteiger partial charge in [0.25, 0.3) is 0 Å². The molecule has 4 bridgehead atoms. The maximum atomic E-state index is 10.6. The van der Waals surface area contributed by atoms with Gasteiger partial charge in [-0.2, -0.15) is 0 Å². The fourth-order valence-electron chi connectivity index (χ4n) is 4.68. The van der Waals surface area contributed by atoms with Crippen LogP contribution in [-0.4, -0.2) is 6.29 Å². The van der Waals surface area contributed by atoms with Gasteiger partial charge in [-0.3, -0.25) is 4.79 Å². The van der Waals surface area contributed by atoms with Crippen LogP contribution in [0.1, 0.15) is 38.5 Å². The lowest BCUT2D eigenvalue weighted by Gasteiger charge is -2.55. The van der Waals surface area contributed by atoms with Crippen LogP contribution in [0.5, 0.6) is 0 Å². The summed E-state index contributed by atoms with van der Waals surface area (Å²) in [4.78, 5) is 10.6. The lowest BCUT2D eigenvalue weighted by atomic mass is 9.49. The normalized spacial score (nSPS) is 48.3. The van der Waals surface area contributed by atoms with Crippen molar-refractivity contribution in [1.82, 2.24) is 0 Å². The number of halogens is 1. The van der Waals surface area contributed by atoms with Gasteiger partial charge in [-0.15, -0.1) is 0 Å². The molecule has 4 fully saturated rings. The summed E-state index contributed by atoms with van der Waals surface area (Å²) in [6.45, 7) is 0. The van der Waals surface area contributed by atoms with Gasteiger partial charge in [-0.25, -0.2) is 0 Å². The van der Waals surface area contributed by atoms with Crippen LogP contribution in [0, 0.1) is 23.2 Å². The molecule has 0 saturated heterocycles. The molecule has 0 radical (unpaired) electrons. The average molecular weight is 225 g/mol. The first-order valence-corrected chi connectivity index (χ1v) is 6.40. The molecule has 0 atom stereocenters. The summed E-state index contributed by atoms with van der Waals surface area (Å²) < 4.78 is 0. The van der Waals surface area contributed by atoms with E-state index < -0.39 is 0 Å². The number of hydrogen-bond donors (Lipinski definition) is 0. The van der Waals surface area contributed by atoms with Crippen molar-refractivity contribution in [3.63, 3.8) is 0 Å². The van der Waals surface area contributed by atoms with Crippen LogP contribution in [0.2, 0.25) is 0 Å². The first kappa shape index (κ1) is 9.89. The Hall–Kier alpha value is -0.300. The third kappa shape index (κ3) is 1.65. The summed E-state index contributed by atoms with van der Waals surface area (Å²) in [6, 6.07) is 0. The molecule has 0 aromatic heterocycles. The minimum absolute atomic E-state index is 0.298. The Morgan fingerprint density at radius 3 is 1.93 bits per heavy atom. The van der Waals surface area contributed by atoms with Crippen molar-refractivity contribution in [2.24, 2.45) is 23.2 Å². The zero-order chi connectivity index (χ0) is 10.5. The zero-order valence-electron chi connectivity index (χ0n) is 8.92. The number of carbonyl (C=O) groups excluding carboxylic acids is 1. The third-order valence-corrected chi connectivity index (χ3v) is 4.84. The predicted octanol–water partition coefficient (Wildman–Crippen LogP) is 3.52. The van der Waals surface area contributed by atoms with E-state index in [1.165, 1.54) is 38.5 Å². The van der Waals surface area contributed by atoms with E-state index in [0.717, 1.165) is 24.0 Å². The summed E-state index contributed by atoms with van der Waals surface area (Å²) in [6.07, 6.45) is 11.0. The number of aldehydes is 1. The predicted molar refractivity (Wildman–Crippen MR) is 60.6 cm³/mol. The highest BCUT2D eigenvalue weighted by Gasteiger charge is 2.49. The van der Waals surface area contributed by atoms with Gasteiger partial charge in [0.05, 0.1) is 5.03 Å².